The van der Waals surface area contributed by atoms with Crippen LogP contribution in [-0.2, 0) is 10.3 Å². The molecule has 1 N–H and O–H groups in total. The summed E-state index contributed by atoms with van der Waals surface area (Å²) in [6.07, 6.45) is 5.78. The maximum Gasteiger partial charge on any atom is 0.322 e. The second-order valence-electron chi connectivity index (χ2n) is 9.44. The zero-order chi connectivity index (χ0) is 22.3. The molecule has 1 spiro atoms. The average Bonchev–Trinajstić information content (AvgIpc) is 3.44. The number of amides is 2. The number of carbonyl (C=O) groups is 1. The van der Waals surface area contributed by atoms with Gasteiger partial charge >= 0.3 is 6.03 Å². The molecule has 4 heterocycles. The van der Waals surface area contributed by atoms with Crippen molar-refractivity contribution in [1.82, 2.24) is 20.2 Å². The van der Waals surface area contributed by atoms with Gasteiger partial charge in [-0.15, -0.1) is 11.3 Å². The molecule has 2 aromatic rings. The molecule has 0 radical (unpaired) electrons. The van der Waals surface area contributed by atoms with Gasteiger partial charge in [-0.05, 0) is 58.1 Å². The van der Waals surface area contributed by atoms with Gasteiger partial charge in [-0.1, -0.05) is 6.07 Å². The molecule has 9 heteroatoms. The zero-order valence-electron chi connectivity index (χ0n) is 19.1. The van der Waals surface area contributed by atoms with Crippen LogP contribution in [0.25, 0.3) is 0 Å². The molecule has 3 fully saturated rings. The van der Waals surface area contributed by atoms with Crippen LogP contribution in [-0.4, -0.2) is 73.4 Å². The molecular formula is C23H32N6O2S. The molecule has 5 rings (SSSR count). The molecule has 32 heavy (non-hydrogen) atoms. The highest BCUT2D eigenvalue weighted by atomic mass is 32.1. The number of aromatic nitrogens is 2. The summed E-state index contributed by atoms with van der Waals surface area (Å²) in [5, 5.41) is 5.49. The van der Waals surface area contributed by atoms with Gasteiger partial charge in [-0.2, -0.15) is 0 Å². The van der Waals surface area contributed by atoms with Crippen molar-refractivity contribution in [2.24, 2.45) is 0 Å². The van der Waals surface area contributed by atoms with Crippen molar-refractivity contribution in [2.45, 2.75) is 43.7 Å². The van der Waals surface area contributed by atoms with E-state index < -0.39 is 0 Å². The molecule has 0 aromatic carbocycles. The van der Waals surface area contributed by atoms with Crippen LogP contribution in [0.4, 0.5) is 16.4 Å². The van der Waals surface area contributed by atoms with Gasteiger partial charge in [0.25, 0.3) is 0 Å². The first-order chi connectivity index (χ1) is 15.4. The summed E-state index contributed by atoms with van der Waals surface area (Å²) in [4.78, 5) is 30.1. The van der Waals surface area contributed by atoms with Gasteiger partial charge in [0.2, 0.25) is 5.95 Å². The third-order valence-corrected chi connectivity index (χ3v) is 8.54. The minimum absolute atomic E-state index is 0.0377. The summed E-state index contributed by atoms with van der Waals surface area (Å²) >= 11 is 1.83. The van der Waals surface area contributed by atoms with Crippen LogP contribution in [0.1, 0.15) is 36.3 Å². The molecule has 1 aliphatic carbocycles. The standard InChI is InChI=1S/C23H32N6O2S/c1-17-18(15-24-20(25-17)28-10-12-31-13-11-28)29-16-22(26-21(29)30)6-8-23(9-7-22,27(2)3)19-5-4-14-32-19/h4-5,14-15H,6-13,16H2,1-3H3,(H,26,30). The highest BCUT2D eigenvalue weighted by Crippen LogP contribution is 2.47. The van der Waals surface area contributed by atoms with Gasteiger partial charge in [-0.3, -0.25) is 9.80 Å². The quantitative estimate of drug-likeness (QED) is 0.763. The Kier molecular flexibility index (Phi) is 5.59. The number of rotatable bonds is 4. The van der Waals surface area contributed by atoms with E-state index in [2.05, 4.69) is 51.7 Å². The monoisotopic (exact) mass is 456 g/mol. The van der Waals surface area contributed by atoms with E-state index in [1.54, 1.807) is 0 Å². The normalized spacial score (nSPS) is 28.6. The molecule has 8 nitrogen and oxygen atoms in total. The Bertz CT molecular complexity index is 965. The van der Waals surface area contributed by atoms with Gasteiger partial charge in [0, 0.05) is 18.0 Å². The van der Waals surface area contributed by atoms with Crippen molar-refractivity contribution < 1.29 is 9.53 Å². The lowest BCUT2D eigenvalue weighted by Gasteiger charge is -2.47. The highest BCUT2D eigenvalue weighted by Gasteiger charge is 2.50. The van der Waals surface area contributed by atoms with Gasteiger partial charge in [-0.25, -0.2) is 14.8 Å². The van der Waals surface area contributed by atoms with E-state index in [9.17, 15) is 4.79 Å². The molecule has 2 aliphatic heterocycles. The largest absolute Gasteiger partial charge is 0.378 e. The Morgan fingerprint density at radius 1 is 1.19 bits per heavy atom. The number of aryl methyl sites for hydroxylation is 1. The Morgan fingerprint density at radius 3 is 2.56 bits per heavy atom. The highest BCUT2D eigenvalue weighted by molar-refractivity contribution is 7.10. The van der Waals surface area contributed by atoms with Crippen molar-refractivity contribution in [1.29, 1.82) is 0 Å². The van der Waals surface area contributed by atoms with E-state index in [0.717, 1.165) is 50.2 Å². The molecule has 2 aromatic heterocycles. The van der Waals surface area contributed by atoms with E-state index in [0.29, 0.717) is 25.7 Å². The molecule has 172 valence electrons. The van der Waals surface area contributed by atoms with Gasteiger partial charge in [0.1, 0.15) is 0 Å². The number of morpholine rings is 1. The average molecular weight is 457 g/mol. The lowest BCUT2D eigenvalue weighted by molar-refractivity contribution is 0.0689. The number of nitrogens with one attached hydrogen (secondary N) is 1. The van der Waals surface area contributed by atoms with Crippen LogP contribution in [0.15, 0.2) is 23.7 Å². The van der Waals surface area contributed by atoms with Crippen molar-refractivity contribution in [3.05, 3.63) is 34.3 Å². The van der Waals surface area contributed by atoms with Crippen molar-refractivity contribution in [2.75, 3.05) is 56.7 Å². The molecular weight excluding hydrogens is 424 g/mol. The first kappa shape index (κ1) is 21.6. The number of ether oxygens (including phenoxy) is 1. The fraction of sp³-hybridized carbons (Fsp3) is 0.609. The topological polar surface area (TPSA) is 73.8 Å². The maximum absolute atomic E-state index is 13.0. The second kappa shape index (κ2) is 8.28. The molecule has 0 atom stereocenters. The Labute approximate surface area is 193 Å². The van der Waals surface area contributed by atoms with E-state index in [1.807, 2.05) is 29.4 Å². The third kappa shape index (κ3) is 3.66. The van der Waals surface area contributed by atoms with Gasteiger partial charge in [0.05, 0.1) is 48.4 Å². The number of hydrogen-bond donors (Lipinski definition) is 1. The summed E-state index contributed by atoms with van der Waals surface area (Å²) in [5.41, 5.74) is 1.50. The fourth-order valence-corrected chi connectivity index (χ4v) is 6.48. The Hall–Kier alpha value is -2.23. The lowest BCUT2D eigenvalue weighted by Crippen LogP contribution is -2.53. The van der Waals surface area contributed by atoms with E-state index >= 15 is 0 Å². The van der Waals surface area contributed by atoms with E-state index in [1.165, 1.54) is 4.88 Å². The van der Waals surface area contributed by atoms with E-state index in [4.69, 9.17) is 9.72 Å². The smallest absolute Gasteiger partial charge is 0.322 e. The third-order valence-electron chi connectivity index (χ3n) is 7.47. The van der Waals surface area contributed by atoms with Crippen LogP contribution in [0.3, 0.4) is 0 Å². The zero-order valence-corrected chi connectivity index (χ0v) is 20.0. The number of nitrogens with zero attached hydrogens (tertiary/aromatic N) is 5. The number of thiophene rings is 1. The van der Waals surface area contributed by atoms with Gasteiger partial charge < -0.3 is 15.0 Å². The summed E-state index contributed by atoms with van der Waals surface area (Å²) in [6.45, 7) is 5.62. The molecule has 2 saturated heterocycles. The predicted octanol–water partition coefficient (Wildman–Crippen LogP) is 2.98. The Morgan fingerprint density at radius 2 is 1.94 bits per heavy atom. The first-order valence-electron chi connectivity index (χ1n) is 11.4. The molecule has 3 aliphatic rings. The summed E-state index contributed by atoms with van der Waals surface area (Å²) < 4.78 is 5.43. The minimum Gasteiger partial charge on any atom is -0.378 e. The number of anilines is 2. The van der Waals surface area contributed by atoms with E-state index in [-0.39, 0.29) is 17.1 Å². The summed E-state index contributed by atoms with van der Waals surface area (Å²) in [5.74, 6) is 0.716. The molecule has 0 bridgehead atoms. The van der Waals surface area contributed by atoms with Crippen molar-refractivity contribution >= 4 is 29.0 Å². The fourth-order valence-electron chi connectivity index (χ4n) is 5.41. The Balaban J connectivity index is 1.32. The van der Waals surface area contributed by atoms with Crippen LogP contribution in [0.5, 0.6) is 0 Å². The van der Waals surface area contributed by atoms with Crippen LogP contribution in [0, 0.1) is 6.92 Å². The van der Waals surface area contributed by atoms with Crippen LogP contribution in [0.2, 0.25) is 0 Å². The lowest BCUT2D eigenvalue weighted by atomic mass is 9.71. The number of hydrogen-bond acceptors (Lipinski definition) is 7. The molecule has 0 unspecified atom stereocenters. The number of urea groups is 1. The first-order valence-corrected chi connectivity index (χ1v) is 12.3. The second-order valence-corrected chi connectivity index (χ2v) is 10.4. The molecule has 1 saturated carbocycles. The maximum atomic E-state index is 13.0. The van der Waals surface area contributed by atoms with Crippen molar-refractivity contribution in [3.63, 3.8) is 0 Å². The van der Waals surface area contributed by atoms with Crippen molar-refractivity contribution in [3.8, 4) is 0 Å². The SMILES string of the molecule is Cc1nc(N2CCOCC2)ncc1N1CC2(CCC(c3cccs3)(N(C)C)CC2)NC1=O. The minimum atomic E-state index is -0.191. The molecule has 2 amide bonds. The predicted molar refractivity (Wildman–Crippen MR) is 127 cm³/mol. The van der Waals surface area contributed by atoms with Crippen LogP contribution >= 0.6 is 11.3 Å². The number of carbonyl (C=O) groups excluding carboxylic acids is 1. The summed E-state index contributed by atoms with van der Waals surface area (Å²) in [7, 11) is 4.35. The van der Waals surface area contributed by atoms with Gasteiger partial charge in [0.15, 0.2) is 0 Å². The van der Waals surface area contributed by atoms with Crippen LogP contribution < -0.4 is 15.1 Å². The summed E-state index contributed by atoms with van der Waals surface area (Å²) in [6, 6.07) is 4.35.